The van der Waals surface area contributed by atoms with Crippen LogP contribution in [0.3, 0.4) is 0 Å². The Morgan fingerprint density at radius 2 is 1.86 bits per heavy atom. The van der Waals surface area contributed by atoms with Gasteiger partial charge in [0, 0.05) is 28.9 Å². The standard InChI is InChI=1S/C27H27N5O4S/c1-5-35-24(33)13-16-6-11-20-21(12-16)37-26-29-19(15-32(20)26)17-7-9-18(10-8-17)28-25(34)30-23-14-22(36-31-23)27(2,3)4/h6-12,14-15H,5,13H2,1-4H3,(H2,28,30,31,34). The topological polar surface area (TPSA) is 111 Å². The van der Waals surface area contributed by atoms with Gasteiger partial charge in [0.15, 0.2) is 10.8 Å². The second-order valence-electron chi connectivity index (χ2n) is 9.65. The number of urea groups is 1. The molecule has 37 heavy (non-hydrogen) atoms. The van der Waals surface area contributed by atoms with Crippen molar-refractivity contribution in [2.75, 3.05) is 17.2 Å². The molecule has 0 aliphatic carbocycles. The Bertz CT molecular complexity index is 1590. The molecule has 0 radical (unpaired) electrons. The highest BCUT2D eigenvalue weighted by molar-refractivity contribution is 7.23. The van der Waals surface area contributed by atoms with Gasteiger partial charge in [-0.2, -0.15) is 0 Å². The molecule has 3 aromatic heterocycles. The van der Waals surface area contributed by atoms with Crippen LogP contribution in [0.1, 0.15) is 39.0 Å². The van der Waals surface area contributed by atoms with Crippen molar-refractivity contribution in [3.05, 3.63) is 66.1 Å². The molecule has 0 unspecified atom stereocenters. The third-order valence-electron chi connectivity index (χ3n) is 5.74. The highest BCUT2D eigenvalue weighted by Gasteiger charge is 2.20. The minimum absolute atomic E-state index is 0.194. The summed E-state index contributed by atoms with van der Waals surface area (Å²) in [4.78, 5) is 29.8. The molecule has 2 N–H and O–H groups in total. The van der Waals surface area contributed by atoms with E-state index in [0.717, 1.165) is 32.0 Å². The molecule has 0 bridgehead atoms. The van der Waals surface area contributed by atoms with Crippen LogP contribution in [-0.2, 0) is 21.4 Å². The number of benzene rings is 2. The van der Waals surface area contributed by atoms with Crippen molar-refractivity contribution in [3.8, 4) is 11.3 Å². The molecule has 10 heteroatoms. The molecule has 0 saturated heterocycles. The van der Waals surface area contributed by atoms with Crippen LogP contribution in [-0.4, -0.2) is 33.1 Å². The third kappa shape index (κ3) is 5.34. The first kappa shape index (κ1) is 24.5. The molecule has 0 aliphatic rings. The molecule has 0 atom stereocenters. The summed E-state index contributed by atoms with van der Waals surface area (Å²) in [5, 5.41) is 9.39. The zero-order chi connectivity index (χ0) is 26.2. The van der Waals surface area contributed by atoms with Gasteiger partial charge < -0.3 is 14.6 Å². The first-order chi connectivity index (χ1) is 17.7. The first-order valence-electron chi connectivity index (χ1n) is 11.9. The second-order valence-corrected chi connectivity index (χ2v) is 10.7. The molecule has 3 heterocycles. The van der Waals surface area contributed by atoms with E-state index >= 15 is 0 Å². The zero-order valence-corrected chi connectivity index (χ0v) is 21.8. The van der Waals surface area contributed by atoms with E-state index in [1.807, 2.05) is 73.8 Å². The Balaban J connectivity index is 1.27. The van der Waals surface area contributed by atoms with Crippen molar-refractivity contribution in [1.82, 2.24) is 14.5 Å². The van der Waals surface area contributed by atoms with Crippen molar-refractivity contribution in [2.24, 2.45) is 0 Å². The maximum absolute atomic E-state index is 12.4. The maximum atomic E-state index is 12.4. The third-order valence-corrected chi connectivity index (χ3v) is 6.76. The van der Waals surface area contributed by atoms with Crippen LogP contribution >= 0.6 is 11.3 Å². The van der Waals surface area contributed by atoms with Gasteiger partial charge in [0.05, 0.1) is 28.9 Å². The summed E-state index contributed by atoms with van der Waals surface area (Å²) >= 11 is 1.57. The minimum Gasteiger partial charge on any atom is -0.466 e. The Hall–Kier alpha value is -4.18. The number of nitrogens with zero attached hydrogens (tertiary/aromatic N) is 3. The smallest absolute Gasteiger partial charge is 0.324 e. The van der Waals surface area contributed by atoms with Gasteiger partial charge in [-0.1, -0.05) is 55.5 Å². The number of nitrogens with one attached hydrogen (secondary N) is 2. The molecule has 190 valence electrons. The molecule has 0 fully saturated rings. The predicted octanol–water partition coefficient (Wildman–Crippen LogP) is 6.25. The van der Waals surface area contributed by atoms with Crippen molar-refractivity contribution in [3.63, 3.8) is 0 Å². The average Bonchev–Trinajstić information content (AvgIpc) is 3.54. The van der Waals surface area contributed by atoms with Crippen molar-refractivity contribution >= 4 is 50.0 Å². The van der Waals surface area contributed by atoms with Gasteiger partial charge in [0.25, 0.3) is 0 Å². The van der Waals surface area contributed by atoms with E-state index in [-0.39, 0.29) is 17.8 Å². The fourth-order valence-electron chi connectivity index (χ4n) is 3.86. The number of carbonyl (C=O) groups excluding carboxylic acids is 2. The van der Waals surface area contributed by atoms with Gasteiger partial charge in [-0.05, 0) is 36.8 Å². The Morgan fingerprint density at radius 3 is 2.57 bits per heavy atom. The molecule has 0 saturated carbocycles. The highest BCUT2D eigenvalue weighted by Crippen LogP contribution is 2.31. The molecule has 5 aromatic rings. The number of thiazole rings is 1. The number of rotatable bonds is 6. The lowest BCUT2D eigenvalue weighted by Crippen LogP contribution is -2.19. The van der Waals surface area contributed by atoms with Gasteiger partial charge in [0.1, 0.15) is 5.76 Å². The van der Waals surface area contributed by atoms with E-state index in [2.05, 4.69) is 15.8 Å². The van der Waals surface area contributed by atoms with Gasteiger partial charge >= 0.3 is 12.0 Å². The molecular weight excluding hydrogens is 490 g/mol. The highest BCUT2D eigenvalue weighted by atomic mass is 32.1. The van der Waals surface area contributed by atoms with E-state index < -0.39 is 6.03 Å². The second kappa shape index (κ2) is 9.70. The summed E-state index contributed by atoms with van der Waals surface area (Å²) in [5.74, 6) is 0.822. The number of anilines is 2. The lowest BCUT2D eigenvalue weighted by molar-refractivity contribution is -0.142. The predicted molar refractivity (Wildman–Crippen MR) is 144 cm³/mol. The number of carbonyl (C=O) groups is 2. The normalized spacial score (nSPS) is 11.7. The monoisotopic (exact) mass is 517 g/mol. The largest absolute Gasteiger partial charge is 0.466 e. The van der Waals surface area contributed by atoms with Crippen LogP contribution in [0.4, 0.5) is 16.3 Å². The summed E-state index contributed by atoms with van der Waals surface area (Å²) in [6, 6.07) is 14.8. The SMILES string of the molecule is CCOC(=O)Cc1ccc2c(c1)sc1nc(-c3ccc(NC(=O)Nc4cc(C(C)(C)C)on4)cc3)cn12. The van der Waals surface area contributed by atoms with Crippen molar-refractivity contribution in [1.29, 1.82) is 0 Å². The number of fused-ring (bicyclic) bond motifs is 3. The van der Waals surface area contributed by atoms with Crippen LogP contribution in [0, 0.1) is 0 Å². The number of imidazole rings is 1. The molecule has 0 spiro atoms. The lowest BCUT2D eigenvalue weighted by Gasteiger charge is -2.12. The van der Waals surface area contributed by atoms with Gasteiger partial charge in [0.2, 0.25) is 0 Å². The summed E-state index contributed by atoms with van der Waals surface area (Å²) in [5.41, 5.74) is 4.16. The lowest BCUT2D eigenvalue weighted by atomic mass is 9.93. The maximum Gasteiger partial charge on any atom is 0.324 e. The Labute approximate surface area is 217 Å². The summed E-state index contributed by atoms with van der Waals surface area (Å²) in [7, 11) is 0. The van der Waals surface area contributed by atoms with Crippen LogP contribution in [0.2, 0.25) is 0 Å². The fraction of sp³-hybridized carbons (Fsp3) is 0.259. The summed E-state index contributed by atoms with van der Waals surface area (Å²) in [6.45, 7) is 8.21. The molecule has 2 aromatic carbocycles. The zero-order valence-electron chi connectivity index (χ0n) is 21.0. The molecule has 5 rings (SSSR count). The van der Waals surface area contributed by atoms with Gasteiger partial charge in [-0.25, -0.2) is 9.78 Å². The van der Waals surface area contributed by atoms with Crippen LogP contribution in [0.15, 0.2) is 59.3 Å². The molecule has 9 nitrogen and oxygen atoms in total. The van der Waals surface area contributed by atoms with Crippen molar-refractivity contribution < 1.29 is 18.8 Å². The minimum atomic E-state index is -0.405. The summed E-state index contributed by atoms with van der Waals surface area (Å²) < 4.78 is 13.5. The number of hydrogen-bond donors (Lipinski definition) is 2. The first-order valence-corrected chi connectivity index (χ1v) is 12.7. The van der Waals surface area contributed by atoms with E-state index in [4.69, 9.17) is 14.2 Å². The number of aromatic nitrogens is 3. The van der Waals surface area contributed by atoms with Gasteiger partial charge in [-0.3, -0.25) is 14.5 Å². The van der Waals surface area contributed by atoms with Crippen LogP contribution in [0.25, 0.3) is 26.4 Å². The van der Waals surface area contributed by atoms with E-state index in [1.165, 1.54) is 0 Å². The fourth-order valence-corrected chi connectivity index (χ4v) is 4.94. The van der Waals surface area contributed by atoms with Crippen molar-refractivity contribution in [2.45, 2.75) is 39.5 Å². The Morgan fingerprint density at radius 1 is 1.08 bits per heavy atom. The number of ether oxygens (including phenoxy) is 1. The number of esters is 1. The van der Waals surface area contributed by atoms with Crippen LogP contribution < -0.4 is 10.6 Å². The number of hydrogen-bond acceptors (Lipinski definition) is 7. The van der Waals surface area contributed by atoms with E-state index in [0.29, 0.717) is 23.9 Å². The summed E-state index contributed by atoms with van der Waals surface area (Å²) in [6.07, 6.45) is 2.25. The van der Waals surface area contributed by atoms with Crippen LogP contribution in [0.5, 0.6) is 0 Å². The number of amides is 2. The molecular formula is C27H27N5O4S. The Kier molecular flexibility index (Phi) is 6.43. The average molecular weight is 518 g/mol. The van der Waals surface area contributed by atoms with E-state index in [9.17, 15) is 9.59 Å². The van der Waals surface area contributed by atoms with E-state index in [1.54, 1.807) is 24.3 Å². The molecule has 0 aliphatic heterocycles. The van der Waals surface area contributed by atoms with Gasteiger partial charge in [-0.15, -0.1) is 0 Å². The quantitative estimate of drug-likeness (QED) is 0.258. The molecule has 2 amide bonds.